The van der Waals surface area contributed by atoms with E-state index in [4.69, 9.17) is 9.29 Å². The standard InChI is InChI=1S/C16H31NO2.C7H13NO4S/c1-5-7-9-11-17(12-10-8-6-2)13-14-19-16(18)15(3)4;1-4-6(9)8-7(2,3)5-13(10,11)12/h3,5-14H2,1-2,4H3;4H,1,5H2,2-3H3,(H,8,9)(H,10,11,12). The van der Waals surface area contributed by atoms with Crippen molar-refractivity contribution in [3.8, 4) is 0 Å². The zero-order valence-corrected chi connectivity index (χ0v) is 21.4. The number of amides is 1. The number of hydrogen-bond donors (Lipinski definition) is 2. The number of nitrogens with zero attached hydrogens (tertiary/aromatic N) is 1. The molecule has 0 aliphatic rings. The van der Waals surface area contributed by atoms with Gasteiger partial charge in [-0.1, -0.05) is 52.7 Å². The first-order chi connectivity index (χ1) is 14.8. The predicted molar refractivity (Wildman–Crippen MR) is 130 cm³/mol. The Labute approximate surface area is 195 Å². The summed E-state index contributed by atoms with van der Waals surface area (Å²) in [6.07, 6.45) is 8.53. The number of carbonyl (C=O) groups excluding carboxylic acids is 2. The smallest absolute Gasteiger partial charge is 0.333 e. The topological polar surface area (TPSA) is 113 Å². The minimum atomic E-state index is -4.08. The van der Waals surface area contributed by atoms with Crippen molar-refractivity contribution >= 4 is 22.0 Å². The Kier molecular flexibility index (Phi) is 18.1. The maximum Gasteiger partial charge on any atom is 0.333 e. The first kappa shape index (κ1) is 32.5. The summed E-state index contributed by atoms with van der Waals surface area (Å²) in [5.74, 6) is -1.28. The number of esters is 1. The third-order valence-corrected chi connectivity index (χ3v) is 5.42. The lowest BCUT2D eigenvalue weighted by atomic mass is 10.1. The van der Waals surface area contributed by atoms with Crippen LogP contribution in [-0.4, -0.2) is 67.3 Å². The largest absolute Gasteiger partial charge is 0.461 e. The molecule has 1 amide bonds. The molecule has 0 bridgehead atoms. The fraction of sp³-hybridized carbons (Fsp3) is 0.739. The Balaban J connectivity index is 0. The molecular formula is C23H44N2O6S. The van der Waals surface area contributed by atoms with Crippen LogP contribution in [0.25, 0.3) is 0 Å². The molecule has 0 spiro atoms. The van der Waals surface area contributed by atoms with Gasteiger partial charge in [0, 0.05) is 12.1 Å². The summed E-state index contributed by atoms with van der Waals surface area (Å²) < 4.78 is 34.7. The van der Waals surface area contributed by atoms with Gasteiger partial charge in [-0.05, 0) is 52.8 Å². The van der Waals surface area contributed by atoms with Gasteiger partial charge < -0.3 is 10.1 Å². The Bertz CT molecular complexity index is 664. The first-order valence-electron chi connectivity index (χ1n) is 11.2. The van der Waals surface area contributed by atoms with E-state index in [0.29, 0.717) is 12.2 Å². The SMILES string of the molecule is C=C(C)C(=O)OCCN(CCCCC)CCCCC.C=CC(=O)NC(C)(C)CS(=O)(=O)O. The molecule has 2 N–H and O–H groups in total. The number of unbranched alkanes of at least 4 members (excludes halogenated alkanes) is 4. The van der Waals surface area contributed by atoms with E-state index in [2.05, 4.69) is 37.2 Å². The number of nitrogens with one attached hydrogen (secondary N) is 1. The highest BCUT2D eigenvalue weighted by Crippen LogP contribution is 2.05. The zero-order valence-electron chi connectivity index (χ0n) is 20.6. The Morgan fingerprint density at radius 2 is 1.56 bits per heavy atom. The van der Waals surface area contributed by atoms with E-state index in [1.54, 1.807) is 6.92 Å². The van der Waals surface area contributed by atoms with Gasteiger partial charge in [0.15, 0.2) is 0 Å². The van der Waals surface area contributed by atoms with Gasteiger partial charge in [-0.15, -0.1) is 0 Å². The van der Waals surface area contributed by atoms with E-state index in [9.17, 15) is 18.0 Å². The van der Waals surface area contributed by atoms with Crippen molar-refractivity contribution in [3.05, 3.63) is 24.8 Å². The predicted octanol–water partition coefficient (Wildman–Crippen LogP) is 3.74. The Morgan fingerprint density at radius 1 is 1.06 bits per heavy atom. The van der Waals surface area contributed by atoms with Crippen LogP contribution in [0.2, 0.25) is 0 Å². The number of rotatable bonds is 16. The average molecular weight is 477 g/mol. The molecule has 0 fully saturated rings. The van der Waals surface area contributed by atoms with Gasteiger partial charge >= 0.3 is 5.97 Å². The number of ether oxygens (including phenoxy) is 1. The molecule has 0 heterocycles. The van der Waals surface area contributed by atoms with Gasteiger partial charge in [0.05, 0.1) is 11.3 Å². The molecule has 0 aliphatic heterocycles. The molecule has 0 aromatic rings. The molecule has 0 aromatic carbocycles. The highest BCUT2D eigenvalue weighted by atomic mass is 32.2. The van der Waals surface area contributed by atoms with Crippen molar-refractivity contribution in [1.29, 1.82) is 0 Å². The maximum absolute atomic E-state index is 11.3. The highest BCUT2D eigenvalue weighted by Gasteiger charge is 2.25. The summed E-state index contributed by atoms with van der Waals surface area (Å²) >= 11 is 0. The van der Waals surface area contributed by atoms with Crippen LogP contribution in [0.15, 0.2) is 24.8 Å². The normalized spacial score (nSPS) is 11.3. The summed E-state index contributed by atoms with van der Waals surface area (Å²) in [4.78, 5) is 24.5. The molecule has 0 radical (unpaired) electrons. The maximum atomic E-state index is 11.3. The van der Waals surface area contributed by atoms with E-state index in [0.717, 1.165) is 25.7 Å². The first-order valence-corrected chi connectivity index (χ1v) is 12.8. The Hall–Kier alpha value is -1.71. The van der Waals surface area contributed by atoms with E-state index in [1.165, 1.54) is 52.4 Å². The molecule has 0 unspecified atom stereocenters. The lowest BCUT2D eigenvalue weighted by Crippen LogP contribution is -2.47. The summed E-state index contributed by atoms with van der Waals surface area (Å²) in [6.45, 7) is 19.4. The van der Waals surface area contributed by atoms with Crippen molar-refractivity contribution in [1.82, 2.24) is 10.2 Å². The Morgan fingerprint density at radius 3 is 1.94 bits per heavy atom. The molecule has 9 heteroatoms. The van der Waals surface area contributed by atoms with Crippen molar-refractivity contribution in [3.63, 3.8) is 0 Å². The fourth-order valence-electron chi connectivity index (χ4n) is 2.77. The zero-order chi connectivity index (χ0) is 25.2. The van der Waals surface area contributed by atoms with Crippen molar-refractivity contribution < 1.29 is 27.3 Å². The van der Waals surface area contributed by atoms with Crippen LogP contribution in [0.4, 0.5) is 0 Å². The summed E-state index contributed by atoms with van der Waals surface area (Å²) in [5.41, 5.74) is -0.526. The lowest BCUT2D eigenvalue weighted by molar-refractivity contribution is -0.139. The van der Waals surface area contributed by atoms with Gasteiger partial charge in [-0.2, -0.15) is 8.42 Å². The van der Waals surface area contributed by atoms with Crippen LogP contribution in [0.5, 0.6) is 0 Å². The molecule has 0 saturated carbocycles. The second-order valence-corrected chi connectivity index (χ2v) is 9.93. The van der Waals surface area contributed by atoms with E-state index in [1.807, 2.05) is 0 Å². The second-order valence-electron chi connectivity index (χ2n) is 8.48. The van der Waals surface area contributed by atoms with E-state index >= 15 is 0 Å². The van der Waals surface area contributed by atoms with Gasteiger partial charge in [0.2, 0.25) is 5.91 Å². The summed E-state index contributed by atoms with van der Waals surface area (Å²) in [7, 11) is -4.08. The summed E-state index contributed by atoms with van der Waals surface area (Å²) in [5, 5.41) is 2.37. The molecule has 0 aromatic heterocycles. The molecular weight excluding hydrogens is 432 g/mol. The fourth-order valence-corrected chi connectivity index (χ4v) is 3.76. The third kappa shape index (κ3) is 21.5. The van der Waals surface area contributed by atoms with Crippen LogP contribution in [0.1, 0.15) is 73.1 Å². The third-order valence-electron chi connectivity index (χ3n) is 4.34. The molecule has 0 aliphatic carbocycles. The van der Waals surface area contributed by atoms with Gasteiger partial charge in [0.1, 0.15) is 6.61 Å². The van der Waals surface area contributed by atoms with Crippen molar-refractivity contribution in [2.24, 2.45) is 0 Å². The van der Waals surface area contributed by atoms with Crippen molar-refractivity contribution in [2.75, 3.05) is 32.0 Å². The molecule has 0 saturated heterocycles. The second kappa shape index (κ2) is 17.8. The van der Waals surface area contributed by atoms with Crippen LogP contribution in [0.3, 0.4) is 0 Å². The van der Waals surface area contributed by atoms with Crippen LogP contribution in [-0.2, 0) is 24.4 Å². The minimum absolute atomic E-state index is 0.276. The highest BCUT2D eigenvalue weighted by molar-refractivity contribution is 7.85. The number of hydrogen-bond acceptors (Lipinski definition) is 6. The summed E-state index contributed by atoms with van der Waals surface area (Å²) in [6, 6.07) is 0. The molecule has 188 valence electrons. The van der Waals surface area contributed by atoms with Crippen LogP contribution < -0.4 is 5.32 Å². The van der Waals surface area contributed by atoms with E-state index in [-0.39, 0.29) is 5.97 Å². The quantitative estimate of drug-likeness (QED) is 0.151. The molecule has 0 atom stereocenters. The van der Waals surface area contributed by atoms with Crippen LogP contribution in [0, 0.1) is 0 Å². The monoisotopic (exact) mass is 476 g/mol. The molecule has 8 nitrogen and oxygen atoms in total. The molecule has 32 heavy (non-hydrogen) atoms. The van der Waals surface area contributed by atoms with Gasteiger partial charge in [0.25, 0.3) is 10.1 Å². The van der Waals surface area contributed by atoms with E-state index < -0.39 is 27.3 Å². The average Bonchev–Trinajstić information content (AvgIpc) is 2.65. The lowest BCUT2D eigenvalue weighted by Gasteiger charge is -2.23. The minimum Gasteiger partial charge on any atom is -0.461 e. The van der Waals surface area contributed by atoms with Crippen molar-refractivity contribution in [2.45, 2.75) is 78.7 Å². The van der Waals surface area contributed by atoms with Gasteiger partial charge in [-0.3, -0.25) is 14.2 Å². The molecule has 0 rings (SSSR count). The van der Waals surface area contributed by atoms with Crippen LogP contribution >= 0.6 is 0 Å². The van der Waals surface area contributed by atoms with Gasteiger partial charge in [-0.25, -0.2) is 4.79 Å². The number of carbonyl (C=O) groups is 2.